The van der Waals surface area contributed by atoms with Gasteiger partial charge >= 0.3 is 0 Å². The SMILES string of the molecule is Cc1ccc(C(C)(C)C)cc1S[C@H]1CC(=O)[C@H]2OC[C@@H]1O2. The van der Waals surface area contributed by atoms with Gasteiger partial charge in [-0.1, -0.05) is 32.9 Å². The van der Waals surface area contributed by atoms with E-state index in [4.69, 9.17) is 9.47 Å². The highest BCUT2D eigenvalue weighted by Gasteiger charge is 2.43. The second-order valence-electron chi connectivity index (χ2n) is 6.90. The molecule has 0 aliphatic carbocycles. The van der Waals surface area contributed by atoms with Gasteiger partial charge in [0.1, 0.15) is 0 Å². The molecule has 2 aliphatic heterocycles. The van der Waals surface area contributed by atoms with Crippen molar-refractivity contribution < 1.29 is 14.3 Å². The van der Waals surface area contributed by atoms with E-state index in [9.17, 15) is 4.79 Å². The summed E-state index contributed by atoms with van der Waals surface area (Å²) in [6.45, 7) is 9.30. The Morgan fingerprint density at radius 1 is 1.29 bits per heavy atom. The number of thioether (sulfide) groups is 1. The standard InChI is InChI=1S/C17H22O3S/c1-10-5-6-11(17(2,3)4)7-14(10)21-15-8-12(18)16-19-9-13(15)20-16/h5-7,13,15-16H,8-9H2,1-4H3/t13-,15-,16-/m0/s1. The van der Waals surface area contributed by atoms with Crippen LogP contribution >= 0.6 is 11.8 Å². The first kappa shape index (κ1) is 15.1. The lowest BCUT2D eigenvalue weighted by Crippen LogP contribution is -2.37. The third kappa shape index (κ3) is 3.03. The van der Waals surface area contributed by atoms with Gasteiger partial charge in [-0.15, -0.1) is 11.8 Å². The molecule has 0 saturated carbocycles. The fraction of sp³-hybridized carbons (Fsp3) is 0.588. The van der Waals surface area contributed by atoms with E-state index in [2.05, 4.69) is 45.9 Å². The zero-order valence-corrected chi connectivity index (χ0v) is 13.8. The Hall–Kier alpha value is -0.840. The number of ether oxygens (including phenoxy) is 2. The molecule has 2 heterocycles. The zero-order valence-electron chi connectivity index (χ0n) is 13.0. The molecule has 0 unspecified atom stereocenters. The summed E-state index contributed by atoms with van der Waals surface area (Å²) in [5.41, 5.74) is 2.70. The van der Waals surface area contributed by atoms with Crippen LogP contribution in [0.4, 0.5) is 0 Å². The lowest BCUT2D eigenvalue weighted by Gasteiger charge is -2.27. The van der Waals surface area contributed by atoms with Crippen LogP contribution in [0, 0.1) is 6.92 Å². The predicted octanol–water partition coefficient (Wildman–Crippen LogP) is 3.47. The maximum Gasteiger partial charge on any atom is 0.218 e. The maximum atomic E-state index is 11.9. The van der Waals surface area contributed by atoms with Gasteiger partial charge in [-0.3, -0.25) is 4.79 Å². The normalized spacial score (nSPS) is 29.0. The third-order valence-electron chi connectivity index (χ3n) is 4.12. The largest absolute Gasteiger partial charge is 0.343 e. The van der Waals surface area contributed by atoms with E-state index in [1.807, 2.05) is 0 Å². The number of aryl methyl sites for hydroxylation is 1. The number of hydrogen-bond acceptors (Lipinski definition) is 4. The molecule has 0 spiro atoms. The lowest BCUT2D eigenvalue weighted by molar-refractivity contribution is -0.151. The number of carbonyl (C=O) groups is 1. The summed E-state index contributed by atoms with van der Waals surface area (Å²) < 4.78 is 11.0. The van der Waals surface area contributed by atoms with Crippen LogP contribution in [-0.4, -0.2) is 30.0 Å². The number of Topliss-reactive ketones (excluding diaryl/α,β-unsaturated/α-hetero) is 1. The Labute approximate surface area is 130 Å². The molecular weight excluding hydrogens is 284 g/mol. The van der Waals surface area contributed by atoms with E-state index in [0.717, 1.165) is 0 Å². The molecule has 4 heteroatoms. The summed E-state index contributed by atoms with van der Waals surface area (Å²) in [5, 5.41) is 0.158. The van der Waals surface area contributed by atoms with Gasteiger partial charge in [0.05, 0.1) is 12.7 Å². The first-order valence-electron chi connectivity index (χ1n) is 7.42. The van der Waals surface area contributed by atoms with Crippen LogP contribution in [0.3, 0.4) is 0 Å². The van der Waals surface area contributed by atoms with E-state index in [1.165, 1.54) is 16.0 Å². The summed E-state index contributed by atoms with van der Waals surface area (Å²) >= 11 is 1.76. The van der Waals surface area contributed by atoms with Gasteiger partial charge in [0, 0.05) is 16.6 Å². The molecule has 0 amide bonds. The van der Waals surface area contributed by atoms with E-state index < -0.39 is 6.29 Å². The molecule has 0 N–H and O–H groups in total. The van der Waals surface area contributed by atoms with Crippen molar-refractivity contribution in [2.24, 2.45) is 0 Å². The average molecular weight is 306 g/mol. The Bertz CT molecular complexity index is 562. The fourth-order valence-corrected chi connectivity index (χ4v) is 4.00. The highest BCUT2D eigenvalue weighted by Crippen LogP contribution is 2.39. The molecule has 1 aromatic carbocycles. The van der Waals surface area contributed by atoms with E-state index in [0.29, 0.717) is 13.0 Å². The van der Waals surface area contributed by atoms with Crippen LogP contribution in [0.5, 0.6) is 0 Å². The molecule has 3 nitrogen and oxygen atoms in total. The summed E-state index contributed by atoms with van der Waals surface area (Å²) in [7, 11) is 0. The molecule has 3 rings (SSSR count). The molecule has 3 atom stereocenters. The van der Waals surface area contributed by atoms with Crippen molar-refractivity contribution in [3.05, 3.63) is 29.3 Å². The van der Waals surface area contributed by atoms with Crippen molar-refractivity contribution in [1.29, 1.82) is 0 Å². The predicted molar refractivity (Wildman–Crippen MR) is 83.8 cm³/mol. The Morgan fingerprint density at radius 3 is 2.76 bits per heavy atom. The van der Waals surface area contributed by atoms with Gasteiger partial charge in [0.25, 0.3) is 0 Å². The number of ketones is 1. The first-order valence-corrected chi connectivity index (χ1v) is 8.30. The van der Waals surface area contributed by atoms with E-state index >= 15 is 0 Å². The first-order chi connectivity index (χ1) is 9.84. The molecule has 0 aromatic heterocycles. The third-order valence-corrected chi connectivity index (χ3v) is 5.59. The molecule has 2 saturated heterocycles. The second kappa shape index (κ2) is 5.41. The van der Waals surface area contributed by atoms with Crippen molar-refractivity contribution in [1.82, 2.24) is 0 Å². The van der Waals surface area contributed by atoms with Crippen molar-refractivity contribution in [2.45, 2.75) is 62.1 Å². The molecule has 1 aromatic rings. The van der Waals surface area contributed by atoms with Gasteiger partial charge in [-0.2, -0.15) is 0 Å². The summed E-state index contributed by atoms with van der Waals surface area (Å²) in [5.74, 6) is 0.0749. The van der Waals surface area contributed by atoms with Crippen LogP contribution in [0.2, 0.25) is 0 Å². The molecule has 0 radical (unpaired) electrons. The van der Waals surface area contributed by atoms with Crippen molar-refractivity contribution in [2.75, 3.05) is 6.61 Å². The van der Waals surface area contributed by atoms with Crippen LogP contribution in [-0.2, 0) is 19.7 Å². The highest BCUT2D eigenvalue weighted by molar-refractivity contribution is 8.00. The minimum absolute atomic E-state index is 0.0374. The quantitative estimate of drug-likeness (QED) is 0.838. The van der Waals surface area contributed by atoms with Gasteiger partial charge < -0.3 is 9.47 Å². The minimum Gasteiger partial charge on any atom is -0.343 e. The Morgan fingerprint density at radius 2 is 2.05 bits per heavy atom. The van der Waals surface area contributed by atoms with Gasteiger partial charge in [-0.25, -0.2) is 0 Å². The van der Waals surface area contributed by atoms with Crippen LogP contribution < -0.4 is 0 Å². The van der Waals surface area contributed by atoms with Crippen LogP contribution in [0.1, 0.15) is 38.3 Å². The van der Waals surface area contributed by atoms with Crippen molar-refractivity contribution in [3.63, 3.8) is 0 Å². The summed E-state index contributed by atoms with van der Waals surface area (Å²) in [6.07, 6.45) is -0.0247. The summed E-state index contributed by atoms with van der Waals surface area (Å²) in [6, 6.07) is 6.62. The molecule has 21 heavy (non-hydrogen) atoms. The van der Waals surface area contributed by atoms with Crippen molar-refractivity contribution >= 4 is 17.5 Å². The van der Waals surface area contributed by atoms with E-state index in [1.54, 1.807) is 11.8 Å². The fourth-order valence-electron chi connectivity index (χ4n) is 2.68. The second-order valence-corrected chi connectivity index (χ2v) is 8.18. The molecular formula is C17H22O3S. The Kier molecular flexibility index (Phi) is 3.89. The molecule has 2 fully saturated rings. The van der Waals surface area contributed by atoms with Crippen molar-refractivity contribution in [3.8, 4) is 0 Å². The minimum atomic E-state index is -0.603. The van der Waals surface area contributed by atoms with E-state index in [-0.39, 0.29) is 22.6 Å². The molecule has 114 valence electrons. The number of hydrogen-bond donors (Lipinski definition) is 0. The van der Waals surface area contributed by atoms with Crippen LogP contribution in [0.25, 0.3) is 0 Å². The number of rotatable bonds is 2. The molecule has 2 aliphatic rings. The van der Waals surface area contributed by atoms with Gasteiger partial charge in [0.15, 0.2) is 5.78 Å². The summed E-state index contributed by atoms with van der Waals surface area (Å²) in [4.78, 5) is 13.1. The molecule has 2 bridgehead atoms. The average Bonchev–Trinajstić information content (AvgIpc) is 2.83. The highest BCUT2D eigenvalue weighted by atomic mass is 32.2. The number of fused-ring (bicyclic) bond motifs is 2. The number of benzene rings is 1. The maximum absolute atomic E-state index is 11.9. The van der Waals surface area contributed by atoms with Crippen LogP contribution in [0.15, 0.2) is 23.1 Å². The van der Waals surface area contributed by atoms with Gasteiger partial charge in [0.2, 0.25) is 6.29 Å². The van der Waals surface area contributed by atoms with Gasteiger partial charge in [-0.05, 0) is 29.5 Å². The topological polar surface area (TPSA) is 35.5 Å². The Balaban J connectivity index is 1.82. The lowest BCUT2D eigenvalue weighted by atomic mass is 9.87. The monoisotopic (exact) mass is 306 g/mol. The smallest absolute Gasteiger partial charge is 0.218 e. The number of carbonyl (C=O) groups excluding carboxylic acids is 1. The zero-order chi connectivity index (χ0) is 15.2.